The lowest BCUT2D eigenvalue weighted by Gasteiger charge is -1.99. The van der Waals surface area contributed by atoms with Crippen molar-refractivity contribution in [2.24, 2.45) is 0 Å². The first kappa shape index (κ1) is 10.2. The second-order valence-corrected chi connectivity index (χ2v) is 5.27. The average Bonchev–Trinajstić information content (AvgIpc) is 2.58. The monoisotopic (exact) mass is 291 g/mol. The summed E-state index contributed by atoms with van der Waals surface area (Å²) in [5.41, 5.74) is 0.653. The van der Waals surface area contributed by atoms with Gasteiger partial charge in [0.2, 0.25) is 5.52 Å². The van der Waals surface area contributed by atoms with Crippen LogP contribution < -0.4 is 4.73 Å². The van der Waals surface area contributed by atoms with E-state index in [-0.39, 0.29) is 0 Å². The summed E-state index contributed by atoms with van der Waals surface area (Å²) < 4.78 is 2.35. The highest BCUT2D eigenvalue weighted by Gasteiger charge is 2.15. The van der Waals surface area contributed by atoms with E-state index in [1.807, 2.05) is 6.07 Å². The lowest BCUT2D eigenvalue weighted by Crippen LogP contribution is -2.25. The molecule has 2 rings (SSSR count). The molecule has 2 aromatic rings. The highest BCUT2D eigenvalue weighted by molar-refractivity contribution is 9.10. The Morgan fingerprint density at radius 1 is 1.64 bits per heavy atom. The van der Waals surface area contributed by atoms with Crippen LogP contribution in [0.5, 0.6) is 0 Å². The highest BCUT2D eigenvalue weighted by atomic mass is 79.9. The summed E-state index contributed by atoms with van der Waals surface area (Å²) in [6.07, 6.45) is 2.37. The molecule has 0 fully saturated rings. The number of fused-ring (bicyclic) bond motifs is 1. The van der Waals surface area contributed by atoms with Gasteiger partial charge in [-0.15, -0.1) is 11.3 Å². The minimum atomic E-state index is 0.622. The number of halogens is 2. The van der Waals surface area contributed by atoms with Crippen molar-refractivity contribution in [1.82, 2.24) is 0 Å². The number of hydrogen-bond acceptors (Lipinski definition) is 2. The molecule has 0 unspecified atom stereocenters. The van der Waals surface area contributed by atoms with E-state index >= 15 is 0 Å². The van der Waals surface area contributed by atoms with Gasteiger partial charge in [-0.05, 0) is 22.4 Å². The first-order chi connectivity index (χ1) is 6.63. The number of aryl methyl sites for hydroxylation is 1. The summed E-state index contributed by atoms with van der Waals surface area (Å²) in [5.74, 6) is 0. The van der Waals surface area contributed by atoms with Crippen LogP contribution in [-0.4, -0.2) is 0 Å². The van der Waals surface area contributed by atoms with E-state index in [0.717, 1.165) is 15.9 Å². The Kier molecular flexibility index (Phi) is 2.68. The Morgan fingerprint density at radius 3 is 3.00 bits per heavy atom. The van der Waals surface area contributed by atoms with E-state index in [1.54, 1.807) is 11.3 Å². The average molecular weight is 293 g/mol. The summed E-state index contributed by atoms with van der Waals surface area (Å²) in [6, 6.07) is 1.89. The van der Waals surface area contributed by atoms with Crippen LogP contribution >= 0.6 is 38.9 Å². The summed E-state index contributed by atoms with van der Waals surface area (Å²) in [7, 11) is 0. The van der Waals surface area contributed by atoms with Crippen molar-refractivity contribution in [3.05, 3.63) is 31.8 Å². The Labute approximate surface area is 98.8 Å². The fourth-order valence-corrected chi connectivity index (χ4v) is 3.07. The molecule has 14 heavy (non-hydrogen) atoms. The predicted octanol–water partition coefficient (Wildman–Crippen LogP) is 3.51. The van der Waals surface area contributed by atoms with Gasteiger partial charge in [0.25, 0.3) is 0 Å². The Morgan fingerprint density at radius 2 is 2.36 bits per heavy atom. The minimum Gasteiger partial charge on any atom is -0.618 e. The van der Waals surface area contributed by atoms with Gasteiger partial charge in [-0.1, -0.05) is 18.5 Å². The molecule has 0 aromatic carbocycles. The van der Waals surface area contributed by atoms with Crippen molar-refractivity contribution < 1.29 is 4.73 Å². The zero-order valence-corrected chi connectivity index (χ0v) is 10.5. The van der Waals surface area contributed by atoms with E-state index in [2.05, 4.69) is 22.9 Å². The lowest BCUT2D eigenvalue weighted by molar-refractivity contribution is -0.577. The minimum absolute atomic E-state index is 0.622. The summed E-state index contributed by atoms with van der Waals surface area (Å²) >= 11 is 10.9. The fraction of sp³-hybridized carbons (Fsp3) is 0.222. The van der Waals surface area contributed by atoms with Gasteiger partial charge in [0.1, 0.15) is 9.17 Å². The molecular formula is C9H7BrClNOS. The topological polar surface area (TPSA) is 26.9 Å². The van der Waals surface area contributed by atoms with Gasteiger partial charge in [-0.2, -0.15) is 4.73 Å². The van der Waals surface area contributed by atoms with E-state index in [1.165, 1.54) is 11.1 Å². The third kappa shape index (κ3) is 1.51. The summed E-state index contributed by atoms with van der Waals surface area (Å²) in [4.78, 5) is 1.17. The molecular weight excluding hydrogens is 286 g/mol. The molecule has 0 saturated carbocycles. The van der Waals surface area contributed by atoms with Crippen molar-refractivity contribution in [1.29, 1.82) is 0 Å². The van der Waals surface area contributed by atoms with Gasteiger partial charge in [0, 0.05) is 10.9 Å². The quantitative estimate of drug-likeness (QED) is 0.583. The van der Waals surface area contributed by atoms with Gasteiger partial charge in [-0.3, -0.25) is 0 Å². The smallest absolute Gasteiger partial charge is 0.236 e. The lowest BCUT2D eigenvalue weighted by atomic mass is 10.3. The second kappa shape index (κ2) is 3.68. The van der Waals surface area contributed by atoms with Crippen molar-refractivity contribution >= 4 is 49.1 Å². The van der Waals surface area contributed by atoms with Crippen molar-refractivity contribution in [2.45, 2.75) is 13.3 Å². The molecule has 0 atom stereocenters. The van der Waals surface area contributed by atoms with E-state index in [4.69, 9.17) is 11.6 Å². The zero-order valence-electron chi connectivity index (χ0n) is 7.38. The third-order valence-electron chi connectivity index (χ3n) is 1.99. The van der Waals surface area contributed by atoms with Crippen LogP contribution in [0.4, 0.5) is 0 Å². The maximum absolute atomic E-state index is 11.5. The molecule has 0 amide bonds. The summed E-state index contributed by atoms with van der Waals surface area (Å²) in [6.45, 7) is 2.06. The molecule has 2 nitrogen and oxygen atoms in total. The summed E-state index contributed by atoms with van der Waals surface area (Å²) in [5, 5.41) is 12.1. The van der Waals surface area contributed by atoms with Crippen LogP contribution in [0.2, 0.25) is 5.02 Å². The standard InChI is InChI=1S/C9H7BrClNOS/c1-2-5-3-7-9(14-5)8(11)6(10)4-12(7)13/h3-4H,2H2,1H3. The molecule has 0 aliphatic rings. The van der Waals surface area contributed by atoms with Gasteiger partial charge in [0.05, 0.1) is 5.02 Å². The van der Waals surface area contributed by atoms with Crippen molar-refractivity contribution in [3.8, 4) is 0 Å². The van der Waals surface area contributed by atoms with Crippen molar-refractivity contribution in [2.75, 3.05) is 0 Å². The van der Waals surface area contributed by atoms with Crippen LogP contribution in [0, 0.1) is 5.21 Å². The normalized spacial score (nSPS) is 11.1. The van der Waals surface area contributed by atoms with Gasteiger partial charge in [-0.25, -0.2) is 0 Å². The fourth-order valence-electron chi connectivity index (χ4n) is 1.26. The molecule has 2 aromatic heterocycles. The second-order valence-electron chi connectivity index (χ2n) is 2.90. The number of nitrogens with zero attached hydrogens (tertiary/aromatic N) is 1. The molecule has 0 radical (unpaired) electrons. The molecule has 2 heterocycles. The molecule has 0 spiro atoms. The molecule has 0 aliphatic heterocycles. The maximum atomic E-state index is 11.5. The largest absolute Gasteiger partial charge is 0.618 e. The van der Waals surface area contributed by atoms with Gasteiger partial charge < -0.3 is 5.21 Å². The SMILES string of the molecule is CCc1cc2c(s1)c(Cl)c(Br)c[n+]2[O-]. The van der Waals surface area contributed by atoms with E-state index < -0.39 is 0 Å². The number of rotatable bonds is 1. The van der Waals surface area contributed by atoms with Crippen LogP contribution in [0.1, 0.15) is 11.8 Å². The highest BCUT2D eigenvalue weighted by Crippen LogP contribution is 2.34. The predicted molar refractivity (Wildman–Crippen MR) is 62.9 cm³/mol. The third-order valence-corrected chi connectivity index (χ3v) is 4.61. The van der Waals surface area contributed by atoms with Crippen LogP contribution in [0.3, 0.4) is 0 Å². The maximum Gasteiger partial charge on any atom is 0.236 e. The van der Waals surface area contributed by atoms with Gasteiger partial charge in [0.15, 0.2) is 6.20 Å². The number of pyridine rings is 1. The molecule has 74 valence electrons. The number of hydrogen-bond donors (Lipinski definition) is 0. The van der Waals surface area contributed by atoms with E-state index in [0.29, 0.717) is 15.0 Å². The number of aromatic nitrogens is 1. The molecule has 5 heteroatoms. The Hall–Kier alpha value is -0.320. The zero-order chi connectivity index (χ0) is 10.3. The molecule has 0 saturated heterocycles. The first-order valence-corrected chi connectivity index (χ1v) is 6.11. The first-order valence-electron chi connectivity index (χ1n) is 4.13. The molecule has 0 aliphatic carbocycles. The van der Waals surface area contributed by atoms with Crippen LogP contribution in [0.25, 0.3) is 10.2 Å². The van der Waals surface area contributed by atoms with E-state index in [9.17, 15) is 5.21 Å². The van der Waals surface area contributed by atoms with Crippen molar-refractivity contribution in [3.63, 3.8) is 0 Å². The Bertz CT molecular complexity index is 497. The van der Waals surface area contributed by atoms with Crippen LogP contribution in [-0.2, 0) is 6.42 Å². The van der Waals surface area contributed by atoms with Crippen LogP contribution in [0.15, 0.2) is 16.7 Å². The molecule has 0 bridgehead atoms. The molecule has 0 N–H and O–H groups in total. The number of thiophene rings is 1. The Balaban J connectivity index is 2.84. The van der Waals surface area contributed by atoms with Gasteiger partial charge >= 0.3 is 0 Å².